The highest BCUT2D eigenvalue weighted by molar-refractivity contribution is 5.54. The molecule has 0 fully saturated rings. The van der Waals surface area contributed by atoms with Crippen molar-refractivity contribution >= 4 is 5.69 Å². The fourth-order valence-electron chi connectivity index (χ4n) is 0.992. The van der Waals surface area contributed by atoms with Crippen LogP contribution in [0.2, 0.25) is 0 Å². The van der Waals surface area contributed by atoms with Gasteiger partial charge in [-0.15, -0.1) is 0 Å². The second-order valence-corrected chi connectivity index (χ2v) is 2.93. The molecule has 2 N–H and O–H groups in total. The average Bonchev–Trinajstić information content (AvgIpc) is 2.09. The van der Waals surface area contributed by atoms with Crippen molar-refractivity contribution in [2.75, 3.05) is 5.73 Å². The number of nitrogen functional groups attached to an aromatic ring is 1. The second-order valence-electron chi connectivity index (χ2n) is 2.93. The van der Waals surface area contributed by atoms with Gasteiger partial charge >= 0.3 is 0 Å². The number of hydrogen-bond donors (Lipinski definition) is 1. The van der Waals surface area contributed by atoms with Crippen molar-refractivity contribution in [2.45, 2.75) is 20.0 Å². The first kappa shape index (κ1) is 9.40. The van der Waals surface area contributed by atoms with Crippen molar-refractivity contribution in [1.29, 1.82) is 5.26 Å². The Hall–Kier alpha value is -1.69. The minimum absolute atomic E-state index is 0.468. The molecule has 1 unspecified atom stereocenters. The zero-order chi connectivity index (χ0) is 9.84. The van der Waals surface area contributed by atoms with Crippen molar-refractivity contribution in [3.8, 4) is 11.8 Å². The SMILES string of the molecule is Cc1ccc(OC(C)C#N)c(N)c1. The molecule has 0 aliphatic carbocycles. The Balaban J connectivity index is 2.85. The molecule has 1 atom stereocenters. The second kappa shape index (κ2) is 3.81. The molecule has 1 aromatic carbocycles. The van der Waals surface area contributed by atoms with E-state index in [-0.39, 0.29) is 0 Å². The Morgan fingerprint density at radius 2 is 2.23 bits per heavy atom. The minimum Gasteiger partial charge on any atom is -0.474 e. The van der Waals surface area contributed by atoms with Crippen LogP contribution in [-0.2, 0) is 0 Å². The normalized spacial score (nSPS) is 11.8. The number of nitrogens with zero attached hydrogens (tertiary/aromatic N) is 1. The van der Waals surface area contributed by atoms with Gasteiger partial charge in [-0.3, -0.25) is 0 Å². The van der Waals surface area contributed by atoms with E-state index in [0.717, 1.165) is 5.56 Å². The summed E-state index contributed by atoms with van der Waals surface area (Å²) in [6.45, 7) is 3.63. The van der Waals surface area contributed by atoms with Crippen LogP contribution in [0.25, 0.3) is 0 Å². The van der Waals surface area contributed by atoms with Crippen LogP contribution in [0, 0.1) is 18.3 Å². The molecule has 68 valence electrons. The summed E-state index contributed by atoms with van der Waals surface area (Å²) in [7, 11) is 0. The van der Waals surface area contributed by atoms with Gasteiger partial charge in [0.05, 0.1) is 5.69 Å². The van der Waals surface area contributed by atoms with E-state index in [1.807, 2.05) is 25.1 Å². The number of ether oxygens (including phenoxy) is 1. The van der Waals surface area contributed by atoms with Crippen LogP contribution in [0.15, 0.2) is 18.2 Å². The molecule has 0 spiro atoms. The first-order valence-corrected chi connectivity index (χ1v) is 4.06. The van der Waals surface area contributed by atoms with Crippen molar-refractivity contribution in [3.63, 3.8) is 0 Å². The van der Waals surface area contributed by atoms with Crippen molar-refractivity contribution in [3.05, 3.63) is 23.8 Å². The zero-order valence-corrected chi connectivity index (χ0v) is 7.74. The fraction of sp³-hybridized carbons (Fsp3) is 0.300. The number of nitriles is 1. The summed E-state index contributed by atoms with van der Waals surface area (Å²) in [4.78, 5) is 0. The summed E-state index contributed by atoms with van der Waals surface area (Å²) in [5, 5.41) is 8.53. The van der Waals surface area contributed by atoms with E-state index in [1.165, 1.54) is 0 Å². The largest absolute Gasteiger partial charge is 0.474 e. The van der Waals surface area contributed by atoms with Crippen LogP contribution in [0.1, 0.15) is 12.5 Å². The molecular weight excluding hydrogens is 164 g/mol. The molecule has 1 rings (SSSR count). The molecule has 0 saturated heterocycles. The van der Waals surface area contributed by atoms with E-state index in [9.17, 15) is 0 Å². The Kier molecular flexibility index (Phi) is 2.76. The van der Waals surface area contributed by atoms with Gasteiger partial charge in [0, 0.05) is 0 Å². The predicted molar refractivity (Wildman–Crippen MR) is 51.3 cm³/mol. The van der Waals surface area contributed by atoms with Gasteiger partial charge in [0.2, 0.25) is 0 Å². The highest BCUT2D eigenvalue weighted by atomic mass is 16.5. The van der Waals surface area contributed by atoms with Gasteiger partial charge < -0.3 is 10.5 Å². The summed E-state index contributed by atoms with van der Waals surface area (Å²) in [6, 6.07) is 7.47. The van der Waals surface area contributed by atoms with Gasteiger partial charge in [-0.1, -0.05) is 6.07 Å². The maximum absolute atomic E-state index is 8.53. The van der Waals surface area contributed by atoms with E-state index in [4.69, 9.17) is 15.7 Å². The quantitative estimate of drug-likeness (QED) is 0.700. The lowest BCUT2D eigenvalue weighted by Crippen LogP contribution is -2.09. The van der Waals surface area contributed by atoms with E-state index in [0.29, 0.717) is 11.4 Å². The van der Waals surface area contributed by atoms with E-state index >= 15 is 0 Å². The Labute approximate surface area is 77.7 Å². The molecule has 13 heavy (non-hydrogen) atoms. The van der Waals surface area contributed by atoms with Crippen molar-refractivity contribution in [2.24, 2.45) is 0 Å². The third kappa shape index (κ3) is 2.38. The molecule has 1 aromatic rings. The number of hydrogen-bond acceptors (Lipinski definition) is 3. The van der Waals surface area contributed by atoms with Crippen LogP contribution < -0.4 is 10.5 Å². The lowest BCUT2D eigenvalue weighted by molar-refractivity contribution is 0.278. The Morgan fingerprint density at radius 1 is 1.54 bits per heavy atom. The van der Waals surface area contributed by atoms with Crippen molar-refractivity contribution < 1.29 is 4.74 Å². The zero-order valence-electron chi connectivity index (χ0n) is 7.74. The van der Waals surface area contributed by atoms with Gasteiger partial charge in [-0.2, -0.15) is 5.26 Å². The van der Waals surface area contributed by atoms with Crippen LogP contribution in [0.4, 0.5) is 5.69 Å². The molecule has 0 aromatic heterocycles. The maximum atomic E-state index is 8.53. The summed E-state index contributed by atoms with van der Waals surface area (Å²) >= 11 is 0. The average molecular weight is 176 g/mol. The first-order valence-electron chi connectivity index (χ1n) is 4.06. The molecule has 3 nitrogen and oxygen atoms in total. The molecule has 0 bridgehead atoms. The molecule has 0 aliphatic rings. The van der Waals surface area contributed by atoms with E-state index in [1.54, 1.807) is 13.0 Å². The molecule has 3 heteroatoms. The van der Waals surface area contributed by atoms with Gasteiger partial charge in [-0.25, -0.2) is 0 Å². The van der Waals surface area contributed by atoms with E-state index in [2.05, 4.69) is 0 Å². The van der Waals surface area contributed by atoms with Gasteiger partial charge in [0.25, 0.3) is 0 Å². The predicted octanol–water partition coefficient (Wildman–Crippen LogP) is 1.87. The molecular formula is C10H12N2O. The number of aryl methyl sites for hydroxylation is 1. The smallest absolute Gasteiger partial charge is 0.181 e. The maximum Gasteiger partial charge on any atom is 0.181 e. The Morgan fingerprint density at radius 3 is 2.77 bits per heavy atom. The summed E-state index contributed by atoms with van der Waals surface area (Å²) in [6.07, 6.45) is -0.468. The van der Waals surface area contributed by atoms with E-state index < -0.39 is 6.10 Å². The summed E-state index contributed by atoms with van der Waals surface area (Å²) in [5.74, 6) is 0.569. The molecule has 0 aliphatic heterocycles. The number of rotatable bonds is 2. The molecule has 0 amide bonds. The molecule has 0 saturated carbocycles. The lowest BCUT2D eigenvalue weighted by Gasteiger charge is -2.10. The highest BCUT2D eigenvalue weighted by Crippen LogP contribution is 2.22. The van der Waals surface area contributed by atoms with Crippen LogP contribution in [0.3, 0.4) is 0 Å². The Bertz CT molecular complexity index is 341. The summed E-state index contributed by atoms with van der Waals surface area (Å²) in [5.41, 5.74) is 7.34. The highest BCUT2D eigenvalue weighted by Gasteiger charge is 2.04. The monoisotopic (exact) mass is 176 g/mol. The topological polar surface area (TPSA) is 59.0 Å². The minimum atomic E-state index is -0.468. The molecule has 0 heterocycles. The van der Waals surface area contributed by atoms with Gasteiger partial charge in [-0.05, 0) is 31.5 Å². The number of benzene rings is 1. The fourth-order valence-corrected chi connectivity index (χ4v) is 0.992. The third-order valence-electron chi connectivity index (χ3n) is 1.65. The first-order chi connectivity index (χ1) is 6.13. The third-order valence-corrected chi connectivity index (χ3v) is 1.65. The van der Waals surface area contributed by atoms with Gasteiger partial charge in [0.15, 0.2) is 6.10 Å². The van der Waals surface area contributed by atoms with Crippen LogP contribution >= 0.6 is 0 Å². The molecule has 0 radical (unpaired) electrons. The lowest BCUT2D eigenvalue weighted by atomic mass is 10.2. The van der Waals surface area contributed by atoms with Gasteiger partial charge in [0.1, 0.15) is 11.8 Å². The van der Waals surface area contributed by atoms with Crippen LogP contribution in [-0.4, -0.2) is 6.10 Å². The standard InChI is InChI=1S/C10H12N2O/c1-7-3-4-10(9(12)5-7)13-8(2)6-11/h3-5,8H,12H2,1-2H3. The number of nitrogens with two attached hydrogens (primary N) is 1. The summed E-state index contributed by atoms with van der Waals surface area (Å²) < 4.78 is 5.26. The van der Waals surface area contributed by atoms with Crippen LogP contribution in [0.5, 0.6) is 5.75 Å². The number of anilines is 1. The van der Waals surface area contributed by atoms with Crippen molar-refractivity contribution in [1.82, 2.24) is 0 Å².